The Morgan fingerprint density at radius 3 is 2.37 bits per heavy atom. The van der Waals surface area contributed by atoms with E-state index in [9.17, 15) is 9.59 Å². The largest absolute Gasteiger partial charge is 0.484 e. The zero-order chi connectivity index (χ0) is 19.3. The molecule has 2 heterocycles. The molecule has 1 aromatic carbocycles. The van der Waals surface area contributed by atoms with Crippen LogP contribution in [0.15, 0.2) is 30.3 Å². The fourth-order valence-corrected chi connectivity index (χ4v) is 3.44. The topological polar surface area (TPSA) is 77.1 Å². The first-order valence-corrected chi connectivity index (χ1v) is 9.53. The number of nitrogens with one attached hydrogen (secondary N) is 1. The van der Waals surface area contributed by atoms with E-state index < -0.39 is 11.8 Å². The summed E-state index contributed by atoms with van der Waals surface area (Å²) < 4.78 is 16.9. The zero-order valence-corrected chi connectivity index (χ0v) is 16.0. The van der Waals surface area contributed by atoms with Crippen LogP contribution in [0.1, 0.15) is 26.7 Å². The molecule has 27 heavy (non-hydrogen) atoms. The maximum Gasteiger partial charge on any atom is 0.258 e. The Kier molecular flexibility index (Phi) is 6.34. The van der Waals surface area contributed by atoms with Crippen molar-refractivity contribution in [1.29, 1.82) is 0 Å². The molecule has 0 aromatic heterocycles. The highest BCUT2D eigenvalue weighted by Gasteiger charge is 2.42. The highest BCUT2D eigenvalue weighted by Crippen LogP contribution is 2.31. The van der Waals surface area contributed by atoms with E-state index in [1.54, 1.807) is 17.0 Å². The summed E-state index contributed by atoms with van der Waals surface area (Å²) in [6.45, 7) is 6.09. The van der Waals surface area contributed by atoms with E-state index in [-0.39, 0.29) is 24.3 Å². The monoisotopic (exact) mass is 376 g/mol. The van der Waals surface area contributed by atoms with Gasteiger partial charge in [0, 0.05) is 25.9 Å². The third kappa shape index (κ3) is 4.99. The molecule has 0 radical (unpaired) electrons. The number of ether oxygens (including phenoxy) is 3. The predicted octanol–water partition coefficient (Wildman–Crippen LogP) is 1.57. The summed E-state index contributed by atoms with van der Waals surface area (Å²) in [5.74, 6) is -0.282. The molecule has 1 spiro atoms. The van der Waals surface area contributed by atoms with Crippen LogP contribution in [0.3, 0.4) is 0 Å². The molecule has 0 aliphatic carbocycles. The number of para-hydroxylation sites is 1. The zero-order valence-electron chi connectivity index (χ0n) is 16.0. The molecule has 1 aromatic rings. The number of rotatable bonds is 6. The molecule has 0 bridgehead atoms. The molecule has 1 atom stereocenters. The molecule has 148 valence electrons. The van der Waals surface area contributed by atoms with Crippen LogP contribution in [0.25, 0.3) is 0 Å². The molecule has 2 amide bonds. The normalized spacial score (nSPS) is 19.9. The third-order valence-corrected chi connectivity index (χ3v) is 5.01. The highest BCUT2D eigenvalue weighted by molar-refractivity contribution is 5.88. The maximum absolute atomic E-state index is 12.9. The first-order valence-electron chi connectivity index (χ1n) is 9.53. The minimum atomic E-state index is -0.573. The van der Waals surface area contributed by atoms with Gasteiger partial charge in [0.1, 0.15) is 11.8 Å². The maximum atomic E-state index is 12.9. The molecule has 7 nitrogen and oxygen atoms in total. The van der Waals surface area contributed by atoms with Crippen LogP contribution in [0.5, 0.6) is 5.75 Å². The van der Waals surface area contributed by atoms with Crippen molar-refractivity contribution >= 4 is 11.8 Å². The van der Waals surface area contributed by atoms with Crippen LogP contribution in [0.2, 0.25) is 0 Å². The lowest BCUT2D eigenvalue weighted by Crippen LogP contribution is -2.55. The number of carbonyl (C=O) groups excluding carboxylic acids is 2. The second kappa shape index (κ2) is 8.71. The predicted molar refractivity (Wildman–Crippen MR) is 99.2 cm³/mol. The van der Waals surface area contributed by atoms with E-state index in [2.05, 4.69) is 5.32 Å². The van der Waals surface area contributed by atoms with Gasteiger partial charge in [-0.3, -0.25) is 9.59 Å². The van der Waals surface area contributed by atoms with Gasteiger partial charge in [-0.05, 0) is 18.1 Å². The fraction of sp³-hybridized carbons (Fsp3) is 0.600. The second-order valence-corrected chi connectivity index (χ2v) is 7.32. The third-order valence-electron chi connectivity index (χ3n) is 5.01. The average molecular weight is 376 g/mol. The SMILES string of the molecule is CC(C)C(NC(=O)COc1ccccc1)C(=O)N1CCC2(CC1)OCCO2. The molecule has 2 fully saturated rings. The van der Waals surface area contributed by atoms with Crippen molar-refractivity contribution in [3.05, 3.63) is 30.3 Å². The van der Waals surface area contributed by atoms with Gasteiger partial charge in [0.2, 0.25) is 5.91 Å². The van der Waals surface area contributed by atoms with Crippen molar-refractivity contribution in [2.24, 2.45) is 5.92 Å². The molecule has 1 N–H and O–H groups in total. The summed E-state index contributed by atoms with van der Waals surface area (Å²) in [5.41, 5.74) is 0. The quantitative estimate of drug-likeness (QED) is 0.816. The minimum absolute atomic E-state index is 0.0203. The molecule has 1 unspecified atom stereocenters. The average Bonchev–Trinajstić information content (AvgIpc) is 3.13. The van der Waals surface area contributed by atoms with Crippen LogP contribution in [-0.4, -0.2) is 61.5 Å². The molecule has 7 heteroatoms. The Morgan fingerprint density at radius 2 is 1.78 bits per heavy atom. The van der Waals surface area contributed by atoms with Crippen molar-refractivity contribution < 1.29 is 23.8 Å². The van der Waals surface area contributed by atoms with E-state index in [1.807, 2.05) is 32.0 Å². The summed E-state index contributed by atoms with van der Waals surface area (Å²) in [7, 11) is 0. The Balaban J connectivity index is 1.51. The molecule has 2 saturated heterocycles. The second-order valence-electron chi connectivity index (χ2n) is 7.32. The molecular formula is C20H28N2O5. The van der Waals surface area contributed by atoms with E-state index in [1.165, 1.54) is 0 Å². The summed E-state index contributed by atoms with van der Waals surface area (Å²) in [5, 5.41) is 2.83. The van der Waals surface area contributed by atoms with E-state index in [4.69, 9.17) is 14.2 Å². The van der Waals surface area contributed by atoms with Crippen molar-refractivity contribution in [2.45, 2.75) is 38.5 Å². The van der Waals surface area contributed by atoms with Gasteiger partial charge < -0.3 is 24.4 Å². The van der Waals surface area contributed by atoms with Gasteiger partial charge in [-0.15, -0.1) is 0 Å². The lowest BCUT2D eigenvalue weighted by atomic mass is 9.99. The van der Waals surface area contributed by atoms with Gasteiger partial charge in [-0.2, -0.15) is 0 Å². The Bertz CT molecular complexity index is 633. The summed E-state index contributed by atoms with van der Waals surface area (Å²) in [4.78, 5) is 27.0. The van der Waals surface area contributed by atoms with Crippen LogP contribution in [0.4, 0.5) is 0 Å². The number of hydrogen-bond donors (Lipinski definition) is 1. The molecule has 2 aliphatic heterocycles. The highest BCUT2D eigenvalue weighted by atomic mass is 16.7. The van der Waals surface area contributed by atoms with E-state index >= 15 is 0 Å². The van der Waals surface area contributed by atoms with Gasteiger partial charge in [-0.1, -0.05) is 32.0 Å². The van der Waals surface area contributed by atoms with Crippen LogP contribution in [-0.2, 0) is 19.1 Å². The molecule has 0 saturated carbocycles. The number of amides is 2. The van der Waals surface area contributed by atoms with Crippen molar-refractivity contribution in [2.75, 3.05) is 32.9 Å². The van der Waals surface area contributed by atoms with Gasteiger partial charge >= 0.3 is 0 Å². The lowest BCUT2D eigenvalue weighted by molar-refractivity contribution is -0.188. The molecule has 2 aliphatic rings. The Labute approximate surface area is 160 Å². The number of carbonyl (C=O) groups is 2. The number of nitrogens with zero attached hydrogens (tertiary/aromatic N) is 1. The van der Waals surface area contributed by atoms with Crippen LogP contribution < -0.4 is 10.1 Å². The number of benzene rings is 1. The Hall–Kier alpha value is -2.12. The van der Waals surface area contributed by atoms with Gasteiger partial charge in [0.05, 0.1) is 13.2 Å². The fourth-order valence-electron chi connectivity index (χ4n) is 3.44. The number of piperidine rings is 1. The molecule has 3 rings (SSSR count). The number of likely N-dealkylation sites (tertiary alicyclic amines) is 1. The van der Waals surface area contributed by atoms with E-state index in [0.717, 1.165) is 0 Å². The summed E-state index contributed by atoms with van der Waals surface area (Å²) >= 11 is 0. The Morgan fingerprint density at radius 1 is 1.15 bits per heavy atom. The van der Waals surface area contributed by atoms with Crippen LogP contribution in [0, 0.1) is 5.92 Å². The standard InChI is InChI=1S/C20H28N2O5/c1-15(2)18(21-17(23)14-25-16-6-4-3-5-7-16)19(24)22-10-8-20(9-11-22)26-12-13-27-20/h3-7,15,18H,8-14H2,1-2H3,(H,21,23). The van der Waals surface area contributed by atoms with Crippen LogP contribution >= 0.6 is 0 Å². The van der Waals surface area contributed by atoms with Crippen molar-refractivity contribution in [3.8, 4) is 5.75 Å². The molecular weight excluding hydrogens is 348 g/mol. The van der Waals surface area contributed by atoms with Crippen molar-refractivity contribution in [1.82, 2.24) is 10.2 Å². The first-order chi connectivity index (χ1) is 13.0. The van der Waals surface area contributed by atoms with Gasteiger partial charge in [-0.25, -0.2) is 0 Å². The number of hydrogen-bond acceptors (Lipinski definition) is 5. The van der Waals surface area contributed by atoms with Gasteiger partial charge in [0.25, 0.3) is 5.91 Å². The lowest BCUT2D eigenvalue weighted by Gasteiger charge is -2.39. The minimum Gasteiger partial charge on any atom is -0.484 e. The van der Waals surface area contributed by atoms with Gasteiger partial charge in [0.15, 0.2) is 12.4 Å². The first kappa shape index (κ1) is 19.6. The summed E-state index contributed by atoms with van der Waals surface area (Å²) in [6.07, 6.45) is 1.32. The van der Waals surface area contributed by atoms with E-state index in [0.29, 0.717) is 44.9 Å². The van der Waals surface area contributed by atoms with Crippen molar-refractivity contribution in [3.63, 3.8) is 0 Å². The summed E-state index contributed by atoms with van der Waals surface area (Å²) in [6, 6.07) is 8.56. The smallest absolute Gasteiger partial charge is 0.258 e.